The van der Waals surface area contributed by atoms with Crippen LogP contribution in [0, 0.1) is 17.1 Å². The number of ether oxygens (including phenoxy) is 2. The Morgan fingerprint density at radius 3 is 2.67 bits per heavy atom. The molecule has 2 aliphatic rings. The Balaban J connectivity index is 1.28. The number of aromatic nitrogens is 4. The number of carbonyl (C=O) groups excluding carboxylic acids is 1. The summed E-state index contributed by atoms with van der Waals surface area (Å²) in [6, 6.07) is 15.8. The molecule has 4 heterocycles. The molecule has 2 aromatic carbocycles. The van der Waals surface area contributed by atoms with Gasteiger partial charge in [-0.25, -0.2) is 19.0 Å². The smallest absolute Gasteiger partial charge is 0.264 e. The van der Waals surface area contributed by atoms with Crippen molar-refractivity contribution in [1.29, 1.82) is 5.26 Å². The normalized spacial score (nSPS) is 17.7. The summed E-state index contributed by atoms with van der Waals surface area (Å²) >= 11 is 0. The zero-order valence-electron chi connectivity index (χ0n) is 25.5. The van der Waals surface area contributed by atoms with E-state index in [0.717, 1.165) is 0 Å². The van der Waals surface area contributed by atoms with Crippen LogP contribution in [0.15, 0.2) is 66.5 Å². The lowest BCUT2D eigenvalue weighted by Crippen LogP contribution is -2.55. The highest BCUT2D eigenvalue weighted by Gasteiger charge is 2.35. The van der Waals surface area contributed by atoms with Crippen LogP contribution in [0.1, 0.15) is 32.7 Å². The molecule has 0 spiro atoms. The third kappa shape index (κ3) is 5.96. The van der Waals surface area contributed by atoms with Gasteiger partial charge in [0.2, 0.25) is 0 Å². The summed E-state index contributed by atoms with van der Waals surface area (Å²) in [5.74, 6) is 0.231. The molecule has 12 heteroatoms. The molecule has 2 aromatic heterocycles. The number of hydrogen-bond acceptors (Lipinski definition) is 9. The van der Waals surface area contributed by atoms with Crippen LogP contribution in [0.3, 0.4) is 0 Å². The zero-order valence-corrected chi connectivity index (χ0v) is 25.5. The Bertz CT molecular complexity index is 1790. The minimum atomic E-state index is -0.538. The Morgan fingerprint density at radius 2 is 1.98 bits per heavy atom. The average molecular weight is 611 g/mol. The minimum absolute atomic E-state index is 0.0882. The second-order valence-electron chi connectivity index (χ2n) is 12.0. The van der Waals surface area contributed by atoms with Crippen LogP contribution in [0.25, 0.3) is 22.3 Å². The number of carbonyl (C=O) groups is 1. The van der Waals surface area contributed by atoms with E-state index >= 15 is 4.39 Å². The monoisotopic (exact) mass is 610 g/mol. The van der Waals surface area contributed by atoms with Crippen molar-refractivity contribution in [1.82, 2.24) is 29.5 Å². The predicted molar refractivity (Wildman–Crippen MR) is 167 cm³/mol. The maximum atomic E-state index is 15.6. The molecule has 0 aliphatic carbocycles. The molecule has 0 saturated carbocycles. The quantitative estimate of drug-likeness (QED) is 0.222. The van der Waals surface area contributed by atoms with Crippen LogP contribution in [0.4, 0.5) is 10.2 Å². The van der Waals surface area contributed by atoms with Crippen molar-refractivity contribution in [3.8, 4) is 28.8 Å². The molecular weight excluding hydrogens is 575 g/mol. The van der Waals surface area contributed by atoms with E-state index in [1.54, 1.807) is 39.9 Å². The molecule has 6 rings (SSSR count). The van der Waals surface area contributed by atoms with Gasteiger partial charge < -0.3 is 20.1 Å². The molecule has 232 valence electrons. The maximum absolute atomic E-state index is 15.6. The fraction of sp³-hybridized carbons (Fsp3) is 0.364. The van der Waals surface area contributed by atoms with Crippen LogP contribution in [-0.4, -0.2) is 80.4 Å². The SMILES string of the molecule is CN(C1COC1)C(C)(C)/C=C(\C#N)C(=O)N1CCC[C@@H](n2nc(-c3ccc(Oc4ccccc4)cc3F)c3c(N)ncnc32)C1. The standard InChI is InChI=1S/C33H35FN8O3/c1-33(2,40(3)23-18-44-19-23)15-21(16-35)32(43)41-13-7-8-22(17-41)42-31-28(30(36)37-20-38-31)29(39-42)26-12-11-25(14-27(26)34)45-24-9-5-4-6-10-24/h4-6,9-12,14-15,20,22-23H,7-8,13,17-19H2,1-3H3,(H2,36,37,38)/b21-15+/t22-/m1/s1. The maximum Gasteiger partial charge on any atom is 0.264 e. The summed E-state index contributed by atoms with van der Waals surface area (Å²) in [5, 5.41) is 15.2. The number of piperidine rings is 1. The number of amides is 1. The number of hydrogen-bond donors (Lipinski definition) is 1. The first-order valence-corrected chi connectivity index (χ1v) is 14.9. The zero-order chi connectivity index (χ0) is 31.7. The van der Waals surface area contributed by atoms with Crippen LogP contribution in [0.5, 0.6) is 11.5 Å². The lowest BCUT2D eigenvalue weighted by atomic mass is 9.96. The van der Waals surface area contributed by atoms with Gasteiger partial charge in [-0.05, 0) is 64.1 Å². The lowest BCUT2D eigenvalue weighted by molar-refractivity contribution is -0.128. The molecular formula is C33H35FN8O3. The van der Waals surface area contributed by atoms with Gasteiger partial charge in [-0.1, -0.05) is 18.2 Å². The van der Waals surface area contributed by atoms with Gasteiger partial charge in [0, 0.05) is 30.3 Å². The third-order valence-corrected chi connectivity index (χ3v) is 8.65. The summed E-state index contributed by atoms with van der Waals surface area (Å²) in [5.41, 5.74) is 6.83. The van der Waals surface area contributed by atoms with Gasteiger partial charge in [0.25, 0.3) is 5.91 Å². The molecule has 4 aromatic rings. The van der Waals surface area contributed by atoms with Crippen LogP contribution in [-0.2, 0) is 9.53 Å². The first-order valence-electron chi connectivity index (χ1n) is 14.9. The molecule has 2 saturated heterocycles. The molecule has 0 radical (unpaired) electrons. The molecule has 2 fully saturated rings. The number of nitrogens with two attached hydrogens (primary N) is 1. The molecule has 0 bridgehead atoms. The van der Waals surface area contributed by atoms with Gasteiger partial charge in [0.05, 0.1) is 30.7 Å². The topological polar surface area (TPSA) is 135 Å². The van der Waals surface area contributed by atoms with Crippen LogP contribution in [0.2, 0.25) is 0 Å². The number of likely N-dealkylation sites (tertiary alicyclic amines) is 1. The molecule has 11 nitrogen and oxygen atoms in total. The average Bonchev–Trinajstić information content (AvgIpc) is 3.40. The highest BCUT2D eigenvalue weighted by Crippen LogP contribution is 2.36. The number of nitriles is 1. The van der Waals surface area contributed by atoms with Gasteiger partial charge in [0.15, 0.2) is 5.65 Å². The van der Waals surface area contributed by atoms with E-state index in [9.17, 15) is 10.1 Å². The van der Waals surface area contributed by atoms with Gasteiger partial charge in [-0.3, -0.25) is 9.69 Å². The predicted octanol–water partition coefficient (Wildman–Crippen LogP) is 4.73. The Hall–Kier alpha value is -4.86. The lowest BCUT2D eigenvalue weighted by Gasteiger charge is -2.43. The third-order valence-electron chi connectivity index (χ3n) is 8.65. The van der Waals surface area contributed by atoms with Crippen molar-refractivity contribution in [2.45, 2.75) is 44.3 Å². The number of nitrogens with zero attached hydrogens (tertiary/aromatic N) is 7. The number of fused-ring (bicyclic) bond motifs is 1. The number of para-hydroxylation sites is 1. The van der Waals surface area contributed by atoms with Gasteiger partial charge >= 0.3 is 0 Å². The molecule has 0 unspecified atom stereocenters. The number of benzene rings is 2. The number of nitrogen functional groups attached to an aromatic ring is 1. The van der Waals surface area contributed by atoms with E-state index in [1.165, 1.54) is 12.4 Å². The van der Waals surface area contributed by atoms with E-state index in [-0.39, 0.29) is 34.9 Å². The second kappa shape index (κ2) is 12.3. The van der Waals surface area contributed by atoms with Gasteiger partial charge in [-0.2, -0.15) is 10.4 Å². The summed E-state index contributed by atoms with van der Waals surface area (Å²) in [7, 11) is 1.97. The van der Waals surface area contributed by atoms with Crippen molar-refractivity contribution < 1.29 is 18.7 Å². The van der Waals surface area contributed by atoms with Crippen molar-refractivity contribution in [2.24, 2.45) is 0 Å². The number of halogens is 1. The minimum Gasteiger partial charge on any atom is -0.457 e. The Labute approximate surface area is 260 Å². The van der Waals surface area contributed by atoms with Crippen molar-refractivity contribution >= 4 is 22.8 Å². The molecule has 2 aliphatic heterocycles. The summed E-state index contributed by atoms with van der Waals surface area (Å²) in [6.07, 6.45) is 4.48. The number of anilines is 1. The number of rotatable bonds is 8. The Kier molecular flexibility index (Phi) is 8.22. The van der Waals surface area contributed by atoms with Crippen molar-refractivity contribution in [3.05, 3.63) is 72.3 Å². The summed E-state index contributed by atoms with van der Waals surface area (Å²) in [4.78, 5) is 26.1. The summed E-state index contributed by atoms with van der Waals surface area (Å²) in [6.45, 7) is 6.02. The van der Waals surface area contributed by atoms with Crippen LogP contribution < -0.4 is 10.5 Å². The molecule has 45 heavy (non-hydrogen) atoms. The van der Waals surface area contributed by atoms with E-state index in [4.69, 9.17) is 20.3 Å². The summed E-state index contributed by atoms with van der Waals surface area (Å²) < 4.78 is 28.4. The highest BCUT2D eigenvalue weighted by atomic mass is 19.1. The second-order valence-corrected chi connectivity index (χ2v) is 12.0. The molecule has 2 N–H and O–H groups in total. The first kappa shape index (κ1) is 30.2. The van der Waals surface area contributed by atoms with E-state index < -0.39 is 11.4 Å². The highest BCUT2D eigenvalue weighted by molar-refractivity contribution is 5.99. The molecule has 1 amide bonds. The van der Waals surface area contributed by atoms with Crippen molar-refractivity contribution in [3.63, 3.8) is 0 Å². The van der Waals surface area contributed by atoms with Gasteiger partial charge in [-0.15, -0.1) is 0 Å². The van der Waals surface area contributed by atoms with E-state index in [0.29, 0.717) is 67.4 Å². The van der Waals surface area contributed by atoms with Gasteiger partial charge in [0.1, 0.15) is 46.8 Å². The fourth-order valence-corrected chi connectivity index (χ4v) is 5.84. The van der Waals surface area contributed by atoms with Crippen LogP contribution >= 0.6 is 0 Å². The Morgan fingerprint density at radius 1 is 1.20 bits per heavy atom. The molecule has 1 atom stereocenters. The largest absolute Gasteiger partial charge is 0.457 e. The fourth-order valence-electron chi connectivity index (χ4n) is 5.84. The van der Waals surface area contributed by atoms with E-state index in [1.807, 2.05) is 39.1 Å². The first-order chi connectivity index (χ1) is 21.7. The van der Waals surface area contributed by atoms with Crippen molar-refractivity contribution in [2.75, 3.05) is 39.1 Å². The van der Waals surface area contributed by atoms with E-state index in [2.05, 4.69) is 20.9 Å². The number of likely N-dealkylation sites (N-methyl/N-ethyl adjacent to an activating group) is 1.